The summed E-state index contributed by atoms with van der Waals surface area (Å²) in [4.78, 5) is 13.9. The number of anilines is 1. The van der Waals surface area contributed by atoms with Crippen LogP contribution in [-0.2, 0) is 6.42 Å². The third-order valence-electron chi connectivity index (χ3n) is 2.85. The second-order valence-electron chi connectivity index (χ2n) is 4.02. The predicted octanol–water partition coefficient (Wildman–Crippen LogP) is 4.35. The highest BCUT2D eigenvalue weighted by molar-refractivity contribution is 9.11. The predicted molar refractivity (Wildman–Crippen MR) is 80.6 cm³/mol. The van der Waals surface area contributed by atoms with E-state index < -0.39 is 0 Å². The zero-order valence-corrected chi connectivity index (χ0v) is 12.7. The number of hydrogen-bond acceptors (Lipinski definition) is 2. The van der Waals surface area contributed by atoms with E-state index in [1.54, 1.807) is 11.9 Å². The van der Waals surface area contributed by atoms with E-state index in [2.05, 4.69) is 35.0 Å². The lowest BCUT2D eigenvalue weighted by molar-refractivity contribution is 0.0993. The third-order valence-corrected chi connectivity index (χ3v) is 4.36. The van der Waals surface area contributed by atoms with Crippen LogP contribution < -0.4 is 4.90 Å². The first-order valence-electron chi connectivity index (χ1n) is 5.73. The van der Waals surface area contributed by atoms with Crippen molar-refractivity contribution in [3.05, 3.63) is 50.6 Å². The molecule has 0 saturated heterocycles. The second-order valence-corrected chi connectivity index (χ2v) is 6.31. The Morgan fingerprint density at radius 2 is 2.00 bits per heavy atom. The largest absolute Gasteiger partial charge is 0.311 e. The zero-order chi connectivity index (χ0) is 13.1. The van der Waals surface area contributed by atoms with Crippen LogP contribution in [0, 0.1) is 0 Å². The van der Waals surface area contributed by atoms with Crippen LogP contribution in [0.3, 0.4) is 0 Å². The van der Waals surface area contributed by atoms with Gasteiger partial charge in [0.2, 0.25) is 0 Å². The van der Waals surface area contributed by atoms with Crippen LogP contribution in [0.1, 0.15) is 22.8 Å². The number of benzene rings is 1. The van der Waals surface area contributed by atoms with E-state index in [0.29, 0.717) is 5.56 Å². The minimum atomic E-state index is 0.0150. The Labute approximate surface area is 119 Å². The minimum absolute atomic E-state index is 0.0150. The van der Waals surface area contributed by atoms with Gasteiger partial charge in [-0.3, -0.25) is 4.79 Å². The highest BCUT2D eigenvalue weighted by Crippen LogP contribution is 2.23. The Morgan fingerprint density at radius 3 is 2.50 bits per heavy atom. The number of aryl methyl sites for hydroxylation is 1. The number of rotatable bonds is 3. The number of halogens is 1. The lowest BCUT2D eigenvalue weighted by Gasteiger charge is -2.16. The number of carbonyl (C=O) groups excluding carboxylic acids is 1. The van der Waals surface area contributed by atoms with E-state index in [1.807, 2.05) is 23.6 Å². The first-order valence-corrected chi connectivity index (χ1v) is 7.40. The molecule has 1 amide bonds. The summed E-state index contributed by atoms with van der Waals surface area (Å²) in [6, 6.07) is 9.94. The van der Waals surface area contributed by atoms with Crippen LogP contribution in [-0.4, -0.2) is 13.0 Å². The van der Waals surface area contributed by atoms with Crippen molar-refractivity contribution >= 4 is 38.9 Å². The van der Waals surface area contributed by atoms with Crippen molar-refractivity contribution in [3.63, 3.8) is 0 Å². The normalized spacial score (nSPS) is 10.4. The van der Waals surface area contributed by atoms with Crippen LogP contribution in [0.5, 0.6) is 0 Å². The molecule has 0 radical (unpaired) electrons. The first kappa shape index (κ1) is 13.3. The van der Waals surface area contributed by atoms with Gasteiger partial charge < -0.3 is 4.90 Å². The van der Waals surface area contributed by atoms with Crippen LogP contribution in [0.4, 0.5) is 5.69 Å². The summed E-state index contributed by atoms with van der Waals surface area (Å²) in [5.41, 5.74) is 2.91. The van der Waals surface area contributed by atoms with E-state index in [4.69, 9.17) is 0 Å². The van der Waals surface area contributed by atoms with Crippen molar-refractivity contribution in [2.24, 2.45) is 0 Å². The zero-order valence-electron chi connectivity index (χ0n) is 10.3. The third kappa shape index (κ3) is 2.82. The molecule has 2 aromatic rings. The molecule has 2 nitrogen and oxygen atoms in total. The van der Waals surface area contributed by atoms with Crippen molar-refractivity contribution in [2.75, 3.05) is 11.9 Å². The van der Waals surface area contributed by atoms with Crippen molar-refractivity contribution in [1.82, 2.24) is 0 Å². The van der Waals surface area contributed by atoms with Gasteiger partial charge in [0.15, 0.2) is 0 Å². The summed E-state index contributed by atoms with van der Waals surface area (Å²) in [5.74, 6) is 0.0150. The summed E-state index contributed by atoms with van der Waals surface area (Å²) in [6.45, 7) is 2.12. The van der Waals surface area contributed by atoms with Gasteiger partial charge in [-0.25, -0.2) is 0 Å². The molecule has 0 unspecified atom stereocenters. The summed E-state index contributed by atoms with van der Waals surface area (Å²) in [7, 11) is 1.80. The smallest absolute Gasteiger partial charge is 0.258 e. The molecule has 0 spiro atoms. The molecule has 0 fully saturated rings. The standard InChI is InChI=1S/C14H14BrNOS/c1-3-10-4-6-12(7-5-10)16(2)14(17)11-8-13(15)18-9-11/h4-9H,3H2,1-2H3. The lowest BCUT2D eigenvalue weighted by atomic mass is 10.1. The number of amides is 1. The van der Waals surface area contributed by atoms with Crippen molar-refractivity contribution < 1.29 is 4.79 Å². The fourth-order valence-corrected chi connectivity index (χ4v) is 2.82. The summed E-state index contributed by atoms with van der Waals surface area (Å²) < 4.78 is 0.973. The Balaban J connectivity index is 2.19. The molecule has 0 aliphatic rings. The number of carbonyl (C=O) groups is 1. The maximum atomic E-state index is 12.2. The SMILES string of the molecule is CCc1ccc(N(C)C(=O)c2csc(Br)c2)cc1. The van der Waals surface area contributed by atoms with Crippen LogP contribution in [0.25, 0.3) is 0 Å². The molecule has 0 N–H and O–H groups in total. The molecule has 0 saturated carbocycles. The van der Waals surface area contributed by atoms with E-state index in [1.165, 1.54) is 16.9 Å². The summed E-state index contributed by atoms with van der Waals surface area (Å²) in [5, 5.41) is 1.86. The van der Waals surface area contributed by atoms with E-state index >= 15 is 0 Å². The Kier molecular flexibility index (Phi) is 4.19. The van der Waals surface area contributed by atoms with E-state index in [0.717, 1.165) is 15.9 Å². The van der Waals surface area contributed by atoms with Crippen molar-refractivity contribution in [3.8, 4) is 0 Å². The molecule has 4 heteroatoms. The molecule has 18 heavy (non-hydrogen) atoms. The van der Waals surface area contributed by atoms with Gasteiger partial charge in [0, 0.05) is 18.1 Å². The van der Waals surface area contributed by atoms with Gasteiger partial charge in [-0.2, -0.15) is 0 Å². The Morgan fingerprint density at radius 1 is 1.33 bits per heavy atom. The lowest BCUT2D eigenvalue weighted by Crippen LogP contribution is -2.25. The highest BCUT2D eigenvalue weighted by Gasteiger charge is 2.14. The van der Waals surface area contributed by atoms with Crippen molar-refractivity contribution in [1.29, 1.82) is 0 Å². The average Bonchev–Trinajstić information content (AvgIpc) is 2.84. The molecule has 2 rings (SSSR count). The topological polar surface area (TPSA) is 20.3 Å². The van der Waals surface area contributed by atoms with Crippen LogP contribution in [0.15, 0.2) is 39.5 Å². The second kappa shape index (κ2) is 5.67. The fourth-order valence-electron chi connectivity index (χ4n) is 1.69. The highest BCUT2D eigenvalue weighted by atomic mass is 79.9. The van der Waals surface area contributed by atoms with Crippen molar-refractivity contribution in [2.45, 2.75) is 13.3 Å². The molecule has 1 aromatic carbocycles. The Bertz CT molecular complexity index is 547. The van der Waals surface area contributed by atoms with E-state index in [9.17, 15) is 4.79 Å². The quantitative estimate of drug-likeness (QED) is 0.822. The van der Waals surface area contributed by atoms with Gasteiger partial charge in [0.25, 0.3) is 5.91 Å². The van der Waals surface area contributed by atoms with Gasteiger partial charge in [0.05, 0.1) is 9.35 Å². The maximum absolute atomic E-state index is 12.2. The van der Waals surface area contributed by atoms with Gasteiger partial charge in [0.1, 0.15) is 0 Å². The molecule has 0 bridgehead atoms. The molecule has 0 aliphatic carbocycles. The molecule has 94 valence electrons. The Hall–Kier alpha value is -1.13. The molecular weight excluding hydrogens is 310 g/mol. The number of nitrogens with zero attached hydrogens (tertiary/aromatic N) is 1. The maximum Gasteiger partial charge on any atom is 0.258 e. The van der Waals surface area contributed by atoms with Gasteiger partial charge in [-0.05, 0) is 46.1 Å². The molecule has 1 heterocycles. The van der Waals surface area contributed by atoms with Gasteiger partial charge >= 0.3 is 0 Å². The molecule has 0 atom stereocenters. The molecular formula is C14H14BrNOS. The summed E-state index contributed by atoms with van der Waals surface area (Å²) >= 11 is 4.89. The first-order chi connectivity index (χ1) is 8.61. The van der Waals surface area contributed by atoms with Gasteiger partial charge in [-0.15, -0.1) is 11.3 Å². The van der Waals surface area contributed by atoms with Crippen LogP contribution in [0.2, 0.25) is 0 Å². The number of thiophene rings is 1. The molecule has 1 aromatic heterocycles. The van der Waals surface area contributed by atoms with Crippen LogP contribution >= 0.6 is 27.3 Å². The monoisotopic (exact) mass is 323 g/mol. The number of hydrogen-bond donors (Lipinski definition) is 0. The van der Waals surface area contributed by atoms with E-state index in [-0.39, 0.29) is 5.91 Å². The fraction of sp³-hybridized carbons (Fsp3) is 0.214. The summed E-state index contributed by atoms with van der Waals surface area (Å²) in [6.07, 6.45) is 1.01. The van der Waals surface area contributed by atoms with Gasteiger partial charge in [-0.1, -0.05) is 19.1 Å². The minimum Gasteiger partial charge on any atom is -0.311 e. The molecule has 0 aliphatic heterocycles. The average molecular weight is 324 g/mol.